The fourth-order valence-corrected chi connectivity index (χ4v) is 2.58. The molecule has 1 aliphatic rings. The molecule has 4 heteroatoms. The second-order valence-electron chi connectivity index (χ2n) is 5.41. The average Bonchev–Trinajstić information content (AvgIpc) is 3.18. The second-order valence-corrected chi connectivity index (χ2v) is 5.85. The Labute approximate surface area is 124 Å². The van der Waals surface area contributed by atoms with E-state index in [4.69, 9.17) is 16.7 Å². The molecule has 2 aromatic rings. The molecule has 106 valence electrons. The van der Waals surface area contributed by atoms with Crippen LogP contribution in [0.1, 0.15) is 43.4 Å². The molecule has 0 amide bonds. The molecule has 1 saturated carbocycles. The minimum absolute atomic E-state index is 0.685. The summed E-state index contributed by atoms with van der Waals surface area (Å²) in [6.45, 7) is 4.00. The zero-order valence-electron chi connectivity index (χ0n) is 11.8. The van der Waals surface area contributed by atoms with Crippen LogP contribution in [0, 0.1) is 0 Å². The topological polar surface area (TPSA) is 29.9 Å². The van der Waals surface area contributed by atoms with Crippen LogP contribution in [0.15, 0.2) is 30.5 Å². The Morgan fingerprint density at radius 3 is 2.95 bits per heavy atom. The lowest BCUT2D eigenvalue weighted by Gasteiger charge is -2.11. The maximum Gasteiger partial charge on any atom is 0.0691 e. The van der Waals surface area contributed by atoms with Gasteiger partial charge in [-0.3, -0.25) is 0 Å². The number of hydrogen-bond donors (Lipinski definition) is 1. The molecule has 1 fully saturated rings. The molecule has 0 saturated heterocycles. The van der Waals surface area contributed by atoms with E-state index in [1.54, 1.807) is 0 Å². The van der Waals surface area contributed by atoms with E-state index < -0.39 is 0 Å². The van der Waals surface area contributed by atoms with E-state index in [9.17, 15) is 0 Å². The van der Waals surface area contributed by atoms with Gasteiger partial charge in [0.2, 0.25) is 0 Å². The Morgan fingerprint density at radius 2 is 2.20 bits per heavy atom. The zero-order valence-corrected chi connectivity index (χ0v) is 12.5. The summed E-state index contributed by atoms with van der Waals surface area (Å²) in [5.74, 6) is 0.685. The highest BCUT2D eigenvalue weighted by Crippen LogP contribution is 2.39. The third-order valence-electron chi connectivity index (χ3n) is 3.64. The van der Waals surface area contributed by atoms with Gasteiger partial charge in [0.05, 0.1) is 11.4 Å². The summed E-state index contributed by atoms with van der Waals surface area (Å²) < 4.78 is 1.98. The van der Waals surface area contributed by atoms with Crippen LogP contribution in [0.4, 0.5) is 0 Å². The van der Waals surface area contributed by atoms with Gasteiger partial charge in [-0.15, -0.1) is 0 Å². The van der Waals surface area contributed by atoms with Crippen molar-refractivity contribution in [2.75, 3.05) is 6.54 Å². The zero-order chi connectivity index (χ0) is 13.9. The van der Waals surface area contributed by atoms with Crippen LogP contribution in [-0.2, 0) is 6.54 Å². The second kappa shape index (κ2) is 5.98. The minimum atomic E-state index is 0.685. The maximum atomic E-state index is 6.13. The van der Waals surface area contributed by atoms with Gasteiger partial charge >= 0.3 is 0 Å². The molecule has 3 nitrogen and oxygen atoms in total. The van der Waals surface area contributed by atoms with Gasteiger partial charge in [0.1, 0.15) is 0 Å². The van der Waals surface area contributed by atoms with Crippen molar-refractivity contribution in [1.29, 1.82) is 0 Å². The summed E-state index contributed by atoms with van der Waals surface area (Å²) in [5, 5.41) is 8.91. The molecule has 0 radical (unpaired) electrons. The third-order valence-corrected chi connectivity index (χ3v) is 3.87. The quantitative estimate of drug-likeness (QED) is 0.817. The molecule has 1 aliphatic carbocycles. The molecular formula is C16H20ClN3. The van der Waals surface area contributed by atoms with Gasteiger partial charge in [0, 0.05) is 23.7 Å². The molecule has 1 heterocycles. The number of nitrogens with one attached hydrogen (secondary N) is 1. The lowest BCUT2D eigenvalue weighted by Crippen LogP contribution is -2.15. The lowest BCUT2D eigenvalue weighted by molar-refractivity contribution is 0.669. The Bertz CT molecular complexity index is 587. The Balaban J connectivity index is 1.85. The first-order valence-electron chi connectivity index (χ1n) is 7.33. The van der Waals surface area contributed by atoms with E-state index in [0.29, 0.717) is 5.92 Å². The molecular weight excluding hydrogens is 270 g/mol. The van der Waals surface area contributed by atoms with Crippen molar-refractivity contribution < 1.29 is 0 Å². The summed E-state index contributed by atoms with van der Waals surface area (Å²) >= 11 is 6.13. The molecule has 0 aliphatic heterocycles. The highest BCUT2D eigenvalue weighted by atomic mass is 35.5. The van der Waals surface area contributed by atoms with Crippen LogP contribution < -0.4 is 5.32 Å². The van der Waals surface area contributed by atoms with Gasteiger partial charge in [0.15, 0.2) is 0 Å². The summed E-state index contributed by atoms with van der Waals surface area (Å²) in [6.07, 6.45) is 5.74. The van der Waals surface area contributed by atoms with Crippen molar-refractivity contribution in [2.45, 2.75) is 38.6 Å². The van der Waals surface area contributed by atoms with Gasteiger partial charge in [-0.05, 0) is 55.6 Å². The third kappa shape index (κ3) is 3.05. The number of hydrogen-bond acceptors (Lipinski definition) is 2. The largest absolute Gasteiger partial charge is 0.313 e. The Hall–Kier alpha value is -1.32. The predicted octanol–water partition coefficient (Wildman–Crippen LogP) is 3.90. The van der Waals surface area contributed by atoms with Crippen molar-refractivity contribution in [3.05, 3.63) is 46.7 Å². The van der Waals surface area contributed by atoms with E-state index >= 15 is 0 Å². The highest BCUT2D eigenvalue weighted by Gasteiger charge is 2.26. The van der Waals surface area contributed by atoms with Crippen LogP contribution >= 0.6 is 11.6 Å². The van der Waals surface area contributed by atoms with Gasteiger partial charge in [-0.2, -0.15) is 5.10 Å². The smallest absolute Gasteiger partial charge is 0.0691 e. The molecule has 20 heavy (non-hydrogen) atoms. The number of nitrogens with zero attached hydrogens (tertiary/aromatic N) is 2. The Morgan fingerprint density at radius 1 is 1.35 bits per heavy atom. The highest BCUT2D eigenvalue weighted by molar-refractivity contribution is 6.30. The molecule has 1 aromatic heterocycles. The molecule has 1 aromatic carbocycles. The number of benzene rings is 1. The van der Waals surface area contributed by atoms with E-state index in [1.807, 2.05) is 16.8 Å². The number of halogens is 1. The normalized spacial score (nSPS) is 14.7. The molecule has 0 atom stereocenters. The number of aromatic nitrogens is 2. The van der Waals surface area contributed by atoms with Crippen molar-refractivity contribution in [2.24, 2.45) is 0 Å². The molecule has 3 rings (SSSR count). The minimum Gasteiger partial charge on any atom is -0.313 e. The van der Waals surface area contributed by atoms with Crippen molar-refractivity contribution in [1.82, 2.24) is 15.1 Å². The summed E-state index contributed by atoms with van der Waals surface area (Å²) in [7, 11) is 0. The SMILES string of the molecule is CCCNCc1cc(Cl)ccc1-n1ccc(C2CC2)n1. The number of rotatable bonds is 6. The standard InChI is InChI=1S/C16H20ClN3/c1-2-8-18-11-13-10-14(17)5-6-16(13)20-9-7-15(19-20)12-3-4-12/h5-7,9-10,12,18H,2-4,8,11H2,1H3. The fourth-order valence-electron chi connectivity index (χ4n) is 2.39. The summed E-state index contributed by atoms with van der Waals surface area (Å²) in [6, 6.07) is 8.14. The summed E-state index contributed by atoms with van der Waals surface area (Å²) in [5.41, 5.74) is 3.52. The van der Waals surface area contributed by atoms with Gasteiger partial charge in [-0.25, -0.2) is 4.68 Å². The van der Waals surface area contributed by atoms with Crippen LogP contribution in [0.25, 0.3) is 5.69 Å². The van der Waals surface area contributed by atoms with Gasteiger partial charge < -0.3 is 5.32 Å². The molecule has 0 bridgehead atoms. The van der Waals surface area contributed by atoms with E-state index in [-0.39, 0.29) is 0 Å². The first kappa shape index (κ1) is 13.7. The first-order valence-corrected chi connectivity index (χ1v) is 7.71. The van der Waals surface area contributed by atoms with E-state index in [0.717, 1.165) is 30.2 Å². The first-order chi connectivity index (χ1) is 9.78. The van der Waals surface area contributed by atoms with Crippen LogP contribution in [0.3, 0.4) is 0 Å². The van der Waals surface area contributed by atoms with Gasteiger partial charge in [0.25, 0.3) is 0 Å². The molecule has 0 unspecified atom stereocenters. The van der Waals surface area contributed by atoms with E-state index in [2.05, 4.69) is 30.6 Å². The maximum absolute atomic E-state index is 6.13. The van der Waals surface area contributed by atoms with Crippen molar-refractivity contribution >= 4 is 11.6 Å². The van der Waals surface area contributed by atoms with Crippen molar-refractivity contribution in [3.8, 4) is 5.69 Å². The Kier molecular flexibility index (Phi) is 4.08. The average molecular weight is 290 g/mol. The summed E-state index contributed by atoms with van der Waals surface area (Å²) in [4.78, 5) is 0. The fraction of sp³-hybridized carbons (Fsp3) is 0.438. The van der Waals surface area contributed by atoms with Crippen LogP contribution in [0.5, 0.6) is 0 Å². The molecule has 1 N–H and O–H groups in total. The van der Waals surface area contributed by atoms with Gasteiger partial charge in [-0.1, -0.05) is 18.5 Å². The van der Waals surface area contributed by atoms with Crippen LogP contribution in [0.2, 0.25) is 5.02 Å². The molecule has 0 spiro atoms. The van der Waals surface area contributed by atoms with Crippen LogP contribution in [-0.4, -0.2) is 16.3 Å². The monoisotopic (exact) mass is 289 g/mol. The van der Waals surface area contributed by atoms with Crippen molar-refractivity contribution in [3.63, 3.8) is 0 Å². The predicted molar refractivity (Wildman–Crippen MR) is 82.5 cm³/mol. The van der Waals surface area contributed by atoms with E-state index in [1.165, 1.54) is 24.1 Å². The lowest BCUT2D eigenvalue weighted by atomic mass is 10.1.